The van der Waals surface area contributed by atoms with Gasteiger partial charge in [0.2, 0.25) is 0 Å². The number of piperidine rings is 1. The first-order valence-corrected chi connectivity index (χ1v) is 13.5. The highest BCUT2D eigenvalue weighted by Crippen LogP contribution is 2.30. The number of carbonyl (C=O) groups excluding carboxylic acids is 1. The molecule has 0 aliphatic carbocycles. The molecule has 1 amide bonds. The topological polar surface area (TPSA) is 85.7 Å². The Balaban J connectivity index is 1.15. The van der Waals surface area contributed by atoms with Crippen LogP contribution in [0.4, 0.5) is 0 Å². The van der Waals surface area contributed by atoms with Gasteiger partial charge in [-0.05, 0) is 49.4 Å². The summed E-state index contributed by atoms with van der Waals surface area (Å²) in [6, 6.07) is 13.9. The number of benzene rings is 2. The van der Waals surface area contributed by atoms with Crippen LogP contribution in [-0.4, -0.2) is 102 Å². The molecule has 2 N–H and O–H groups in total. The summed E-state index contributed by atoms with van der Waals surface area (Å²) >= 11 is 0. The predicted molar refractivity (Wildman–Crippen MR) is 141 cm³/mol. The molecule has 0 bridgehead atoms. The van der Waals surface area contributed by atoms with Gasteiger partial charge in [-0.25, -0.2) is 0 Å². The average molecular weight is 510 g/mol. The molecule has 5 rings (SSSR count). The molecule has 8 nitrogen and oxygen atoms in total. The molecule has 1 saturated heterocycles. The van der Waals surface area contributed by atoms with Crippen molar-refractivity contribution in [2.24, 2.45) is 0 Å². The predicted octanol–water partition coefficient (Wildman–Crippen LogP) is 2.16. The van der Waals surface area contributed by atoms with E-state index in [1.54, 1.807) is 11.0 Å². The van der Waals surface area contributed by atoms with Gasteiger partial charge in [-0.3, -0.25) is 9.69 Å². The lowest BCUT2D eigenvalue weighted by Gasteiger charge is -2.32. The summed E-state index contributed by atoms with van der Waals surface area (Å²) in [6.07, 6.45) is 1.95. The highest BCUT2D eigenvalue weighted by molar-refractivity contribution is 5.97. The fraction of sp³-hybridized carbons (Fsp3) is 0.552. The second kappa shape index (κ2) is 11.8. The van der Waals surface area contributed by atoms with Crippen LogP contribution in [0, 0.1) is 0 Å². The summed E-state index contributed by atoms with van der Waals surface area (Å²) in [4.78, 5) is 19.5. The third-order valence-electron chi connectivity index (χ3n) is 7.56. The molecule has 3 aliphatic rings. The number of rotatable bonds is 8. The molecule has 2 unspecified atom stereocenters. The average Bonchev–Trinajstić information content (AvgIpc) is 3.03. The van der Waals surface area contributed by atoms with Crippen LogP contribution in [0.2, 0.25) is 0 Å². The molecule has 2 aromatic rings. The van der Waals surface area contributed by atoms with E-state index < -0.39 is 6.10 Å². The standard InChI is InChI=1S/C29H39N3O5/c1-21(33)17-30-12-9-25(10-13-30)37-26-6-7-27-28(16-26)36-15-14-32(29(27)35)20-24(34)19-31-11-8-22-4-2-3-5-23(22)18-31/h2-7,16,21,24-25,33-34H,8-15,17-20H2,1H3. The molecule has 2 aromatic carbocycles. The first-order valence-electron chi connectivity index (χ1n) is 13.5. The zero-order valence-electron chi connectivity index (χ0n) is 21.7. The Labute approximate surface area is 219 Å². The maximum Gasteiger partial charge on any atom is 0.257 e. The Morgan fingerprint density at radius 2 is 1.76 bits per heavy atom. The normalized spacial score (nSPS) is 20.9. The molecule has 1 fully saturated rings. The molecule has 0 aromatic heterocycles. The Bertz CT molecular complexity index is 1070. The second-order valence-corrected chi connectivity index (χ2v) is 10.6. The number of hydrogen-bond acceptors (Lipinski definition) is 7. The Morgan fingerprint density at radius 3 is 2.54 bits per heavy atom. The molecule has 0 saturated carbocycles. The van der Waals surface area contributed by atoms with Crippen molar-refractivity contribution < 1.29 is 24.5 Å². The third kappa shape index (κ3) is 6.62. The van der Waals surface area contributed by atoms with Crippen molar-refractivity contribution >= 4 is 5.91 Å². The van der Waals surface area contributed by atoms with E-state index in [4.69, 9.17) is 9.47 Å². The Kier molecular flexibility index (Phi) is 8.30. The van der Waals surface area contributed by atoms with Gasteiger partial charge in [0, 0.05) is 51.9 Å². The van der Waals surface area contributed by atoms with Crippen molar-refractivity contribution in [3.05, 3.63) is 59.2 Å². The highest BCUT2D eigenvalue weighted by Gasteiger charge is 2.28. The first-order chi connectivity index (χ1) is 17.9. The fourth-order valence-corrected chi connectivity index (χ4v) is 5.68. The van der Waals surface area contributed by atoms with Crippen LogP contribution in [0.5, 0.6) is 11.5 Å². The molecule has 3 aliphatic heterocycles. The monoisotopic (exact) mass is 509 g/mol. The number of fused-ring (bicyclic) bond motifs is 2. The molecule has 0 spiro atoms. The van der Waals surface area contributed by atoms with Crippen LogP contribution in [0.1, 0.15) is 41.3 Å². The number of carbonyl (C=O) groups is 1. The zero-order valence-corrected chi connectivity index (χ0v) is 21.7. The second-order valence-electron chi connectivity index (χ2n) is 10.6. The lowest BCUT2D eigenvalue weighted by Crippen LogP contribution is -2.44. The van der Waals surface area contributed by atoms with Crippen molar-refractivity contribution in [2.45, 2.75) is 51.0 Å². The summed E-state index contributed by atoms with van der Waals surface area (Å²) in [6.45, 7) is 7.68. The minimum absolute atomic E-state index is 0.109. The number of nitrogens with zero attached hydrogens (tertiary/aromatic N) is 3. The Morgan fingerprint density at radius 1 is 0.973 bits per heavy atom. The van der Waals surface area contributed by atoms with Crippen LogP contribution >= 0.6 is 0 Å². The number of ether oxygens (including phenoxy) is 2. The molecular weight excluding hydrogens is 470 g/mol. The minimum atomic E-state index is -0.627. The maximum atomic E-state index is 13.3. The lowest BCUT2D eigenvalue weighted by molar-refractivity contribution is 0.0501. The highest BCUT2D eigenvalue weighted by atomic mass is 16.5. The molecule has 37 heavy (non-hydrogen) atoms. The van der Waals surface area contributed by atoms with Gasteiger partial charge in [-0.15, -0.1) is 0 Å². The summed E-state index contributed by atoms with van der Waals surface area (Å²) in [7, 11) is 0. The van der Waals surface area contributed by atoms with Crippen molar-refractivity contribution in [3.63, 3.8) is 0 Å². The number of hydrogen-bond donors (Lipinski definition) is 2. The van der Waals surface area contributed by atoms with Gasteiger partial charge < -0.3 is 29.5 Å². The molecule has 8 heteroatoms. The van der Waals surface area contributed by atoms with Gasteiger partial charge in [0.1, 0.15) is 24.2 Å². The van der Waals surface area contributed by atoms with E-state index in [1.165, 1.54) is 11.1 Å². The minimum Gasteiger partial charge on any atom is -0.491 e. The van der Waals surface area contributed by atoms with Gasteiger partial charge in [-0.2, -0.15) is 0 Å². The quantitative estimate of drug-likeness (QED) is 0.564. The van der Waals surface area contributed by atoms with E-state index in [1.807, 2.05) is 19.1 Å². The van der Waals surface area contributed by atoms with E-state index in [9.17, 15) is 15.0 Å². The number of aliphatic hydroxyl groups is 2. The van der Waals surface area contributed by atoms with Crippen LogP contribution in [0.15, 0.2) is 42.5 Å². The summed E-state index contributed by atoms with van der Waals surface area (Å²) in [5.41, 5.74) is 3.21. The van der Waals surface area contributed by atoms with E-state index in [0.717, 1.165) is 45.4 Å². The van der Waals surface area contributed by atoms with Crippen LogP contribution in [-0.2, 0) is 13.0 Å². The lowest BCUT2D eigenvalue weighted by atomic mass is 10.00. The molecular formula is C29H39N3O5. The van der Waals surface area contributed by atoms with Gasteiger partial charge >= 0.3 is 0 Å². The van der Waals surface area contributed by atoms with E-state index in [0.29, 0.717) is 43.3 Å². The Hall–Kier alpha value is -2.65. The fourth-order valence-electron chi connectivity index (χ4n) is 5.68. The molecule has 2 atom stereocenters. The van der Waals surface area contributed by atoms with Crippen molar-refractivity contribution in [2.75, 3.05) is 52.4 Å². The number of likely N-dealkylation sites (tertiary alicyclic amines) is 1. The summed E-state index contributed by atoms with van der Waals surface area (Å²) in [5.74, 6) is 1.13. The van der Waals surface area contributed by atoms with Gasteiger partial charge in [0.05, 0.1) is 24.3 Å². The van der Waals surface area contributed by atoms with E-state index in [2.05, 4.69) is 34.1 Å². The van der Waals surface area contributed by atoms with Crippen LogP contribution < -0.4 is 9.47 Å². The zero-order chi connectivity index (χ0) is 25.8. The number of aliphatic hydroxyl groups excluding tert-OH is 2. The summed E-state index contributed by atoms with van der Waals surface area (Å²) < 4.78 is 12.2. The molecule has 200 valence electrons. The third-order valence-corrected chi connectivity index (χ3v) is 7.56. The van der Waals surface area contributed by atoms with Crippen molar-refractivity contribution in [1.29, 1.82) is 0 Å². The van der Waals surface area contributed by atoms with E-state index >= 15 is 0 Å². The van der Waals surface area contributed by atoms with Crippen LogP contribution in [0.3, 0.4) is 0 Å². The van der Waals surface area contributed by atoms with Crippen molar-refractivity contribution in [1.82, 2.24) is 14.7 Å². The van der Waals surface area contributed by atoms with Gasteiger partial charge in [0.25, 0.3) is 5.91 Å². The van der Waals surface area contributed by atoms with E-state index in [-0.39, 0.29) is 24.7 Å². The first kappa shape index (κ1) is 26.0. The van der Waals surface area contributed by atoms with Gasteiger partial charge in [0.15, 0.2) is 0 Å². The number of β-amino-alcohol motifs (C(OH)–C–C–N with tert-alkyl or cyclic N) is 2. The van der Waals surface area contributed by atoms with Crippen molar-refractivity contribution in [3.8, 4) is 11.5 Å². The smallest absolute Gasteiger partial charge is 0.257 e. The molecule has 3 heterocycles. The molecule has 0 radical (unpaired) electrons. The SMILES string of the molecule is CC(O)CN1CCC(Oc2ccc3c(c2)OCCN(CC(O)CN2CCc4ccccc4C2)C3=O)CC1. The maximum absolute atomic E-state index is 13.3. The summed E-state index contributed by atoms with van der Waals surface area (Å²) in [5, 5.41) is 20.4. The largest absolute Gasteiger partial charge is 0.491 e. The van der Waals surface area contributed by atoms with Gasteiger partial charge in [-0.1, -0.05) is 24.3 Å². The number of amides is 1. The van der Waals surface area contributed by atoms with Crippen LogP contribution in [0.25, 0.3) is 0 Å².